The first-order chi connectivity index (χ1) is 11.4. The summed E-state index contributed by atoms with van der Waals surface area (Å²) in [7, 11) is 0. The van der Waals surface area contributed by atoms with Crippen molar-refractivity contribution >= 4 is 12.3 Å². The molecule has 1 N–H and O–H groups in total. The average molecular weight is 326 g/mol. The Labute approximate surface area is 142 Å². The molecule has 0 spiro atoms. The summed E-state index contributed by atoms with van der Waals surface area (Å²) in [6, 6.07) is 17.4. The molecule has 0 atom stereocenters. The third-order valence-electron chi connectivity index (χ3n) is 2.90. The molecule has 24 heavy (non-hydrogen) atoms. The van der Waals surface area contributed by atoms with Gasteiger partial charge in [0.1, 0.15) is 18.0 Å². The van der Waals surface area contributed by atoms with Crippen LogP contribution in [0.4, 0.5) is 4.79 Å². The van der Waals surface area contributed by atoms with Gasteiger partial charge in [-0.15, -0.1) is 0 Å². The van der Waals surface area contributed by atoms with Gasteiger partial charge in [-0.1, -0.05) is 30.3 Å². The predicted octanol–water partition coefficient (Wildman–Crippen LogP) is 4.12. The van der Waals surface area contributed by atoms with Crippen molar-refractivity contribution in [3.8, 4) is 5.75 Å². The fourth-order valence-electron chi connectivity index (χ4n) is 1.85. The molecular formula is C19H22N2O3. The zero-order valence-corrected chi connectivity index (χ0v) is 14.2. The van der Waals surface area contributed by atoms with Gasteiger partial charge >= 0.3 is 6.09 Å². The molecule has 0 radical (unpaired) electrons. The molecule has 2 rings (SSSR count). The van der Waals surface area contributed by atoms with Gasteiger partial charge in [0, 0.05) is 0 Å². The largest absolute Gasteiger partial charge is 0.489 e. The van der Waals surface area contributed by atoms with Crippen LogP contribution in [0.15, 0.2) is 59.7 Å². The summed E-state index contributed by atoms with van der Waals surface area (Å²) in [5.74, 6) is 0.774. The highest BCUT2D eigenvalue weighted by Gasteiger charge is 2.15. The predicted molar refractivity (Wildman–Crippen MR) is 94.2 cm³/mol. The van der Waals surface area contributed by atoms with Crippen LogP contribution in [0.3, 0.4) is 0 Å². The van der Waals surface area contributed by atoms with Gasteiger partial charge in [0.25, 0.3) is 0 Å². The number of rotatable bonds is 5. The zero-order chi connectivity index (χ0) is 17.4. The molecule has 0 bridgehead atoms. The molecule has 5 heteroatoms. The number of carbonyl (C=O) groups excluding carboxylic acids is 1. The Kier molecular flexibility index (Phi) is 5.95. The van der Waals surface area contributed by atoms with Crippen molar-refractivity contribution in [2.45, 2.75) is 33.0 Å². The summed E-state index contributed by atoms with van der Waals surface area (Å²) in [5.41, 5.74) is 3.74. The lowest BCUT2D eigenvalue weighted by molar-refractivity contribution is 0.0529. The first kappa shape index (κ1) is 17.5. The van der Waals surface area contributed by atoms with Crippen molar-refractivity contribution < 1.29 is 14.3 Å². The Bertz CT molecular complexity index is 674. The molecule has 2 aromatic rings. The molecule has 126 valence electrons. The molecular weight excluding hydrogens is 304 g/mol. The SMILES string of the molecule is CC(C)(C)OC(=O)N/N=C/c1ccc(OCc2ccccc2)cc1. The standard InChI is InChI=1S/C19H22N2O3/c1-19(2,3)24-18(22)21-20-13-15-9-11-17(12-10-15)23-14-16-7-5-4-6-8-16/h4-13H,14H2,1-3H3,(H,21,22)/b20-13+. The fourth-order valence-corrected chi connectivity index (χ4v) is 1.85. The topological polar surface area (TPSA) is 59.9 Å². The highest BCUT2D eigenvalue weighted by Crippen LogP contribution is 2.13. The van der Waals surface area contributed by atoms with Gasteiger partial charge in [0.2, 0.25) is 0 Å². The van der Waals surface area contributed by atoms with Crippen molar-refractivity contribution in [2.24, 2.45) is 5.10 Å². The second kappa shape index (κ2) is 8.15. The molecule has 0 fully saturated rings. The number of benzene rings is 2. The van der Waals surface area contributed by atoms with Gasteiger partial charge in [-0.05, 0) is 56.2 Å². The number of nitrogens with zero attached hydrogens (tertiary/aromatic N) is 1. The lowest BCUT2D eigenvalue weighted by Gasteiger charge is -2.18. The van der Waals surface area contributed by atoms with E-state index in [1.165, 1.54) is 0 Å². The molecule has 0 aromatic heterocycles. The molecule has 0 aliphatic carbocycles. The smallest absolute Gasteiger partial charge is 0.428 e. The van der Waals surface area contributed by atoms with Crippen LogP contribution in [0.25, 0.3) is 0 Å². The summed E-state index contributed by atoms with van der Waals surface area (Å²) in [4.78, 5) is 11.5. The fraction of sp³-hybridized carbons (Fsp3) is 0.263. The second-order valence-corrected chi connectivity index (χ2v) is 6.22. The van der Waals surface area contributed by atoms with Crippen LogP contribution in [-0.4, -0.2) is 17.9 Å². The van der Waals surface area contributed by atoms with Crippen LogP contribution in [0, 0.1) is 0 Å². The van der Waals surface area contributed by atoms with Crippen molar-refractivity contribution in [1.82, 2.24) is 5.43 Å². The lowest BCUT2D eigenvalue weighted by atomic mass is 10.2. The maximum atomic E-state index is 11.5. The first-order valence-corrected chi connectivity index (χ1v) is 7.71. The Morgan fingerprint density at radius 1 is 1.08 bits per heavy atom. The van der Waals surface area contributed by atoms with Gasteiger partial charge < -0.3 is 9.47 Å². The third-order valence-corrected chi connectivity index (χ3v) is 2.90. The number of hydrogen-bond acceptors (Lipinski definition) is 4. The van der Waals surface area contributed by atoms with Crippen LogP contribution in [0.2, 0.25) is 0 Å². The van der Waals surface area contributed by atoms with E-state index in [2.05, 4.69) is 10.5 Å². The summed E-state index contributed by atoms with van der Waals surface area (Å²) < 4.78 is 10.8. The highest BCUT2D eigenvalue weighted by atomic mass is 16.6. The molecule has 1 amide bonds. The zero-order valence-electron chi connectivity index (χ0n) is 14.2. The van der Waals surface area contributed by atoms with Crippen molar-refractivity contribution in [3.63, 3.8) is 0 Å². The minimum absolute atomic E-state index is 0.522. The summed E-state index contributed by atoms with van der Waals surface area (Å²) in [5, 5.41) is 3.86. The van der Waals surface area contributed by atoms with E-state index in [0.29, 0.717) is 6.61 Å². The quantitative estimate of drug-likeness (QED) is 0.664. The molecule has 2 aromatic carbocycles. The molecule has 0 saturated carbocycles. The van der Waals surface area contributed by atoms with E-state index in [4.69, 9.17) is 9.47 Å². The molecule has 0 aliphatic rings. The molecule has 5 nitrogen and oxygen atoms in total. The van der Waals surface area contributed by atoms with Crippen LogP contribution in [0.5, 0.6) is 5.75 Å². The highest BCUT2D eigenvalue weighted by molar-refractivity contribution is 5.81. The van der Waals surface area contributed by atoms with Crippen molar-refractivity contribution in [1.29, 1.82) is 0 Å². The maximum Gasteiger partial charge on any atom is 0.428 e. The van der Waals surface area contributed by atoms with Gasteiger partial charge in [0.15, 0.2) is 0 Å². The summed E-state index contributed by atoms with van der Waals surface area (Å²) in [6.45, 7) is 5.91. The van der Waals surface area contributed by atoms with Crippen LogP contribution in [0.1, 0.15) is 31.9 Å². The number of amides is 1. The first-order valence-electron chi connectivity index (χ1n) is 7.71. The van der Waals surface area contributed by atoms with Gasteiger partial charge in [-0.3, -0.25) is 0 Å². The Hall–Kier alpha value is -2.82. The van der Waals surface area contributed by atoms with Gasteiger partial charge in [-0.2, -0.15) is 5.10 Å². The van der Waals surface area contributed by atoms with E-state index in [9.17, 15) is 4.79 Å². The van der Waals surface area contributed by atoms with E-state index in [1.807, 2.05) is 54.6 Å². The van der Waals surface area contributed by atoms with Gasteiger partial charge in [-0.25, -0.2) is 10.2 Å². The van der Waals surface area contributed by atoms with Crippen molar-refractivity contribution in [3.05, 3.63) is 65.7 Å². The second-order valence-electron chi connectivity index (χ2n) is 6.22. The number of ether oxygens (including phenoxy) is 2. The number of hydrogen-bond donors (Lipinski definition) is 1. The number of nitrogens with one attached hydrogen (secondary N) is 1. The average Bonchev–Trinajstić information content (AvgIpc) is 2.53. The summed E-state index contributed by atoms with van der Waals surface area (Å²) in [6.07, 6.45) is 0.965. The van der Waals surface area contributed by atoms with Gasteiger partial charge in [0.05, 0.1) is 6.21 Å². The molecule has 0 unspecified atom stereocenters. The van der Waals surface area contributed by atoms with Crippen LogP contribution >= 0.6 is 0 Å². The van der Waals surface area contributed by atoms with Crippen LogP contribution in [-0.2, 0) is 11.3 Å². The monoisotopic (exact) mass is 326 g/mol. The normalized spacial score (nSPS) is 11.3. The molecule has 0 heterocycles. The van der Waals surface area contributed by atoms with Crippen molar-refractivity contribution in [2.75, 3.05) is 0 Å². The minimum atomic E-state index is -0.582. The van der Waals surface area contributed by atoms with E-state index < -0.39 is 11.7 Å². The Morgan fingerprint density at radius 2 is 1.75 bits per heavy atom. The Balaban J connectivity index is 1.81. The maximum absolute atomic E-state index is 11.5. The molecule has 0 aliphatic heterocycles. The van der Waals surface area contributed by atoms with E-state index in [1.54, 1.807) is 27.0 Å². The molecule has 0 saturated heterocycles. The Morgan fingerprint density at radius 3 is 2.38 bits per heavy atom. The number of carbonyl (C=O) groups is 1. The lowest BCUT2D eigenvalue weighted by Crippen LogP contribution is -2.29. The van der Waals surface area contributed by atoms with E-state index >= 15 is 0 Å². The number of hydrazone groups is 1. The minimum Gasteiger partial charge on any atom is -0.489 e. The van der Waals surface area contributed by atoms with E-state index in [-0.39, 0.29) is 0 Å². The van der Waals surface area contributed by atoms with Crippen LogP contribution < -0.4 is 10.2 Å². The van der Waals surface area contributed by atoms with E-state index in [0.717, 1.165) is 16.9 Å². The summed E-state index contributed by atoms with van der Waals surface area (Å²) >= 11 is 0. The third kappa shape index (κ3) is 6.52.